The van der Waals surface area contributed by atoms with Gasteiger partial charge in [0.2, 0.25) is 5.91 Å². The fourth-order valence-electron chi connectivity index (χ4n) is 3.37. The Labute approximate surface area is 181 Å². The average Bonchev–Trinajstić information content (AvgIpc) is 2.91. The van der Waals surface area contributed by atoms with E-state index in [9.17, 15) is 22.8 Å². The van der Waals surface area contributed by atoms with Crippen molar-refractivity contribution in [3.63, 3.8) is 0 Å². The number of imide groups is 1. The first kappa shape index (κ1) is 22.5. The Hall–Kier alpha value is -3.20. The predicted molar refractivity (Wildman–Crippen MR) is 116 cm³/mol. The van der Waals surface area contributed by atoms with E-state index in [0.717, 1.165) is 16.7 Å². The SMILES string of the molecule is CC(C)c1ccc([C@@]2(C)NC(=O)N(CC(=O)Nc3ccc(S(C)(=O)=O)cc3)C2=O)cc1. The van der Waals surface area contributed by atoms with Crippen molar-refractivity contribution in [3.8, 4) is 0 Å². The second kappa shape index (κ2) is 8.14. The number of nitrogens with one attached hydrogen (secondary N) is 2. The van der Waals surface area contributed by atoms with Crippen molar-refractivity contribution in [1.82, 2.24) is 10.2 Å². The highest BCUT2D eigenvalue weighted by Gasteiger charge is 2.49. The molecule has 2 aromatic carbocycles. The lowest BCUT2D eigenvalue weighted by atomic mass is 9.90. The number of carbonyl (C=O) groups is 3. The van der Waals surface area contributed by atoms with E-state index in [2.05, 4.69) is 24.5 Å². The summed E-state index contributed by atoms with van der Waals surface area (Å²) in [6.07, 6.45) is 1.09. The molecule has 3 rings (SSSR count). The van der Waals surface area contributed by atoms with Crippen LogP contribution in [-0.2, 0) is 25.0 Å². The molecule has 1 atom stereocenters. The van der Waals surface area contributed by atoms with Gasteiger partial charge < -0.3 is 10.6 Å². The number of amides is 4. The van der Waals surface area contributed by atoms with Crippen molar-refractivity contribution >= 4 is 33.4 Å². The van der Waals surface area contributed by atoms with Crippen molar-refractivity contribution in [2.24, 2.45) is 0 Å². The summed E-state index contributed by atoms with van der Waals surface area (Å²) in [6.45, 7) is 5.28. The Morgan fingerprint density at radius 2 is 1.65 bits per heavy atom. The quantitative estimate of drug-likeness (QED) is 0.667. The van der Waals surface area contributed by atoms with Crippen LogP contribution in [0.25, 0.3) is 0 Å². The van der Waals surface area contributed by atoms with Crippen LogP contribution < -0.4 is 10.6 Å². The normalized spacial score (nSPS) is 18.9. The average molecular weight is 444 g/mol. The molecule has 31 heavy (non-hydrogen) atoms. The molecule has 1 fully saturated rings. The largest absolute Gasteiger partial charge is 0.325 e. The first-order chi connectivity index (χ1) is 14.4. The summed E-state index contributed by atoms with van der Waals surface area (Å²) < 4.78 is 23.0. The fourth-order valence-corrected chi connectivity index (χ4v) is 4.00. The maximum atomic E-state index is 13.0. The number of benzene rings is 2. The van der Waals surface area contributed by atoms with Crippen molar-refractivity contribution in [2.75, 3.05) is 18.1 Å². The summed E-state index contributed by atoms with van der Waals surface area (Å²) in [5.74, 6) is -0.755. The zero-order chi connectivity index (χ0) is 23.0. The van der Waals surface area contributed by atoms with Gasteiger partial charge in [-0.25, -0.2) is 13.2 Å². The Bertz CT molecular complexity index is 1120. The first-order valence-corrected chi connectivity index (χ1v) is 11.7. The minimum Gasteiger partial charge on any atom is -0.325 e. The van der Waals surface area contributed by atoms with Gasteiger partial charge in [0.05, 0.1) is 4.90 Å². The molecule has 0 spiro atoms. The standard InChI is InChI=1S/C22H25N3O5S/c1-14(2)15-5-7-16(8-6-15)22(3)20(27)25(21(28)24-22)13-19(26)23-17-9-11-18(12-10-17)31(4,29)30/h5-12,14H,13H2,1-4H3,(H,23,26)(H,24,28)/t22-/m1/s1. The molecule has 0 aliphatic carbocycles. The summed E-state index contributed by atoms with van der Waals surface area (Å²) >= 11 is 0. The summed E-state index contributed by atoms with van der Waals surface area (Å²) in [5.41, 5.74) is 0.845. The molecular formula is C22H25N3O5S. The van der Waals surface area contributed by atoms with Crippen molar-refractivity contribution in [2.45, 2.75) is 37.1 Å². The molecule has 2 aromatic rings. The third kappa shape index (κ3) is 4.61. The number of anilines is 1. The smallest absolute Gasteiger partial charge is 0.325 e. The summed E-state index contributed by atoms with van der Waals surface area (Å²) in [6, 6.07) is 12.4. The highest BCUT2D eigenvalue weighted by molar-refractivity contribution is 7.90. The Kier molecular flexibility index (Phi) is 5.91. The van der Waals surface area contributed by atoms with Gasteiger partial charge in [0.25, 0.3) is 5.91 Å². The molecule has 0 aromatic heterocycles. The van der Waals surface area contributed by atoms with Crippen LogP contribution in [0.1, 0.15) is 37.8 Å². The van der Waals surface area contributed by atoms with Gasteiger partial charge in [-0.1, -0.05) is 38.1 Å². The monoisotopic (exact) mass is 443 g/mol. The lowest BCUT2D eigenvalue weighted by Crippen LogP contribution is -2.42. The number of rotatable bonds is 6. The van der Waals surface area contributed by atoms with Crippen LogP contribution in [0.5, 0.6) is 0 Å². The maximum absolute atomic E-state index is 13.0. The number of sulfone groups is 1. The van der Waals surface area contributed by atoms with Gasteiger partial charge in [-0.15, -0.1) is 0 Å². The lowest BCUT2D eigenvalue weighted by molar-refractivity contribution is -0.133. The molecule has 1 heterocycles. The summed E-state index contributed by atoms with van der Waals surface area (Å²) in [5, 5.41) is 5.25. The molecule has 1 aliphatic rings. The molecule has 8 nitrogen and oxygen atoms in total. The second-order valence-electron chi connectivity index (χ2n) is 8.07. The molecule has 9 heteroatoms. The van der Waals surface area contributed by atoms with E-state index in [0.29, 0.717) is 17.2 Å². The van der Waals surface area contributed by atoms with Crippen LogP contribution in [0.3, 0.4) is 0 Å². The third-order valence-electron chi connectivity index (χ3n) is 5.30. The molecule has 0 saturated carbocycles. The third-order valence-corrected chi connectivity index (χ3v) is 6.43. The molecule has 0 radical (unpaired) electrons. The van der Waals surface area contributed by atoms with Crippen LogP contribution in [0.15, 0.2) is 53.4 Å². The minimum absolute atomic E-state index is 0.124. The Morgan fingerprint density at radius 1 is 1.06 bits per heavy atom. The number of carbonyl (C=O) groups excluding carboxylic acids is 3. The zero-order valence-corrected chi connectivity index (χ0v) is 18.6. The highest BCUT2D eigenvalue weighted by Crippen LogP contribution is 2.30. The van der Waals surface area contributed by atoms with E-state index in [1.165, 1.54) is 24.3 Å². The first-order valence-electron chi connectivity index (χ1n) is 9.76. The minimum atomic E-state index is -3.35. The van der Waals surface area contributed by atoms with Gasteiger partial charge in [-0.2, -0.15) is 0 Å². The molecule has 1 aliphatic heterocycles. The van der Waals surface area contributed by atoms with Crippen LogP contribution in [0.4, 0.5) is 10.5 Å². The molecule has 1 saturated heterocycles. The number of urea groups is 1. The Balaban J connectivity index is 1.71. The number of hydrogen-bond donors (Lipinski definition) is 2. The zero-order valence-electron chi connectivity index (χ0n) is 17.8. The van der Waals surface area contributed by atoms with Gasteiger partial charge in [0.1, 0.15) is 12.1 Å². The van der Waals surface area contributed by atoms with Gasteiger partial charge in [-0.3, -0.25) is 14.5 Å². The molecule has 0 bridgehead atoms. The van der Waals surface area contributed by atoms with Crippen LogP contribution >= 0.6 is 0 Å². The topological polar surface area (TPSA) is 113 Å². The second-order valence-corrected chi connectivity index (χ2v) is 10.1. The number of nitrogens with zero attached hydrogens (tertiary/aromatic N) is 1. The highest BCUT2D eigenvalue weighted by atomic mass is 32.2. The van der Waals surface area contributed by atoms with Gasteiger partial charge >= 0.3 is 6.03 Å². The van der Waals surface area contributed by atoms with E-state index < -0.39 is 39.8 Å². The summed E-state index contributed by atoms with van der Waals surface area (Å²) in [4.78, 5) is 38.8. The van der Waals surface area contributed by atoms with E-state index in [1.54, 1.807) is 19.1 Å². The lowest BCUT2D eigenvalue weighted by Gasteiger charge is -2.22. The maximum Gasteiger partial charge on any atom is 0.325 e. The Morgan fingerprint density at radius 3 is 2.16 bits per heavy atom. The molecule has 2 N–H and O–H groups in total. The van der Waals surface area contributed by atoms with Crippen LogP contribution in [0, 0.1) is 0 Å². The molecule has 0 unspecified atom stereocenters. The number of hydrogen-bond acceptors (Lipinski definition) is 5. The predicted octanol–water partition coefficient (Wildman–Crippen LogP) is 2.62. The van der Waals surface area contributed by atoms with E-state index in [1.807, 2.05) is 12.1 Å². The van der Waals surface area contributed by atoms with Gasteiger partial charge in [0.15, 0.2) is 9.84 Å². The van der Waals surface area contributed by atoms with E-state index in [4.69, 9.17) is 0 Å². The molecule has 4 amide bonds. The molecule has 164 valence electrons. The van der Waals surface area contributed by atoms with Crippen molar-refractivity contribution in [3.05, 3.63) is 59.7 Å². The van der Waals surface area contributed by atoms with Crippen molar-refractivity contribution < 1.29 is 22.8 Å². The fraction of sp³-hybridized carbons (Fsp3) is 0.318. The summed E-state index contributed by atoms with van der Waals surface area (Å²) in [7, 11) is -3.35. The van der Waals surface area contributed by atoms with Crippen LogP contribution in [0.2, 0.25) is 0 Å². The van der Waals surface area contributed by atoms with Gasteiger partial charge in [0, 0.05) is 11.9 Å². The van der Waals surface area contributed by atoms with E-state index in [-0.39, 0.29) is 4.90 Å². The van der Waals surface area contributed by atoms with E-state index >= 15 is 0 Å². The van der Waals surface area contributed by atoms with Crippen LogP contribution in [-0.4, -0.2) is 44.0 Å². The van der Waals surface area contributed by atoms with Crippen molar-refractivity contribution in [1.29, 1.82) is 0 Å². The van der Waals surface area contributed by atoms with Gasteiger partial charge in [-0.05, 0) is 48.2 Å². The molecular weight excluding hydrogens is 418 g/mol.